The molecule has 0 spiro atoms. The summed E-state index contributed by atoms with van der Waals surface area (Å²) in [6.07, 6.45) is 6.45. The molecule has 4 heteroatoms. The number of hydrogen-bond acceptors (Lipinski definition) is 4. The van der Waals surface area contributed by atoms with Gasteiger partial charge in [-0.2, -0.15) is 0 Å². The highest BCUT2D eigenvalue weighted by molar-refractivity contribution is 7.99. The van der Waals surface area contributed by atoms with E-state index in [1.54, 1.807) is 12.4 Å². The number of thioether (sulfide) groups is 1. The fourth-order valence-corrected chi connectivity index (χ4v) is 3.56. The molecule has 0 amide bonds. The van der Waals surface area contributed by atoms with Crippen LogP contribution >= 0.6 is 11.8 Å². The Morgan fingerprint density at radius 3 is 3.05 bits per heavy atom. The molecule has 2 aromatic rings. The summed E-state index contributed by atoms with van der Waals surface area (Å²) < 4.78 is 0. The first-order valence-corrected chi connectivity index (χ1v) is 7.57. The molecule has 2 heterocycles. The zero-order valence-electron chi connectivity index (χ0n) is 10.9. The fourth-order valence-electron chi connectivity index (χ4n) is 2.44. The van der Waals surface area contributed by atoms with E-state index < -0.39 is 0 Å². The molecule has 98 valence electrons. The van der Waals surface area contributed by atoms with Gasteiger partial charge in [-0.05, 0) is 30.7 Å². The van der Waals surface area contributed by atoms with E-state index in [0.29, 0.717) is 6.04 Å². The van der Waals surface area contributed by atoms with Gasteiger partial charge in [0, 0.05) is 35.6 Å². The maximum atomic E-state index is 4.37. The second kappa shape index (κ2) is 5.72. The van der Waals surface area contributed by atoms with E-state index in [-0.39, 0.29) is 6.04 Å². The van der Waals surface area contributed by atoms with Crippen molar-refractivity contribution in [3.05, 3.63) is 54.1 Å². The van der Waals surface area contributed by atoms with Gasteiger partial charge in [0.05, 0.1) is 5.69 Å². The maximum Gasteiger partial charge on any atom is 0.0753 e. The number of nitrogens with one attached hydrogen (secondary N) is 1. The summed E-state index contributed by atoms with van der Waals surface area (Å²) in [5.41, 5.74) is 2.41. The highest BCUT2D eigenvalue weighted by atomic mass is 32.2. The van der Waals surface area contributed by atoms with Crippen molar-refractivity contribution in [2.24, 2.45) is 0 Å². The monoisotopic (exact) mass is 271 g/mol. The number of nitrogens with zero attached hydrogens (tertiary/aromatic N) is 2. The Kier molecular flexibility index (Phi) is 3.80. The molecule has 0 fully saturated rings. The van der Waals surface area contributed by atoms with E-state index in [0.717, 1.165) is 12.1 Å². The third kappa shape index (κ3) is 2.80. The Morgan fingerprint density at radius 1 is 1.32 bits per heavy atom. The van der Waals surface area contributed by atoms with Crippen LogP contribution < -0.4 is 5.32 Å². The normalized spacial score (nSPS) is 19.7. The number of benzene rings is 1. The van der Waals surface area contributed by atoms with Gasteiger partial charge in [0.25, 0.3) is 0 Å². The molecule has 19 heavy (non-hydrogen) atoms. The molecule has 0 saturated carbocycles. The predicted molar refractivity (Wildman–Crippen MR) is 78.1 cm³/mol. The van der Waals surface area contributed by atoms with E-state index in [2.05, 4.69) is 46.5 Å². The molecule has 0 radical (unpaired) electrons. The molecule has 3 rings (SSSR count). The third-order valence-corrected chi connectivity index (χ3v) is 4.56. The molecular formula is C15H17N3S. The van der Waals surface area contributed by atoms with Crippen molar-refractivity contribution in [2.75, 3.05) is 5.75 Å². The Hall–Kier alpha value is -1.39. The number of rotatable bonds is 3. The van der Waals surface area contributed by atoms with E-state index in [4.69, 9.17) is 0 Å². The Labute approximate surface area is 117 Å². The lowest BCUT2D eigenvalue weighted by atomic mass is 10.0. The van der Waals surface area contributed by atoms with Crippen LogP contribution in [0.2, 0.25) is 0 Å². The van der Waals surface area contributed by atoms with Crippen LogP contribution in [-0.2, 0) is 0 Å². The summed E-state index contributed by atoms with van der Waals surface area (Å²) in [5, 5.41) is 3.68. The van der Waals surface area contributed by atoms with Gasteiger partial charge in [-0.25, -0.2) is 0 Å². The number of hydrogen-bond donors (Lipinski definition) is 1. The summed E-state index contributed by atoms with van der Waals surface area (Å²) in [6, 6.07) is 9.29. The quantitative estimate of drug-likeness (QED) is 0.929. The van der Waals surface area contributed by atoms with Crippen LogP contribution in [0.4, 0.5) is 0 Å². The number of aromatic nitrogens is 2. The second-order valence-corrected chi connectivity index (χ2v) is 5.88. The highest BCUT2D eigenvalue weighted by Gasteiger charge is 2.22. The van der Waals surface area contributed by atoms with Crippen LogP contribution in [0.15, 0.2) is 47.8 Å². The molecule has 1 aromatic heterocycles. The van der Waals surface area contributed by atoms with E-state index in [1.165, 1.54) is 16.2 Å². The van der Waals surface area contributed by atoms with Gasteiger partial charge >= 0.3 is 0 Å². The van der Waals surface area contributed by atoms with Gasteiger partial charge in [-0.15, -0.1) is 11.8 Å². The first-order chi connectivity index (χ1) is 9.34. The van der Waals surface area contributed by atoms with Crippen molar-refractivity contribution in [1.29, 1.82) is 0 Å². The molecule has 2 atom stereocenters. The van der Waals surface area contributed by atoms with Crippen LogP contribution in [0.25, 0.3) is 0 Å². The maximum absolute atomic E-state index is 4.37. The highest BCUT2D eigenvalue weighted by Crippen LogP contribution is 2.36. The molecule has 1 aliphatic heterocycles. The second-order valence-electron chi connectivity index (χ2n) is 4.75. The van der Waals surface area contributed by atoms with E-state index in [1.807, 2.05) is 18.0 Å². The van der Waals surface area contributed by atoms with Gasteiger partial charge in [0.2, 0.25) is 0 Å². The summed E-state index contributed by atoms with van der Waals surface area (Å²) >= 11 is 1.95. The SMILES string of the molecule is CC(NC1CCSc2ccccc21)c1cnccn1. The zero-order valence-corrected chi connectivity index (χ0v) is 11.7. The molecule has 1 aliphatic rings. The molecule has 0 bridgehead atoms. The van der Waals surface area contributed by atoms with Crippen LogP contribution in [0.3, 0.4) is 0 Å². The summed E-state index contributed by atoms with van der Waals surface area (Å²) in [5.74, 6) is 1.17. The lowest BCUT2D eigenvalue weighted by Crippen LogP contribution is -2.27. The standard InChI is InChI=1S/C15H17N3S/c1-11(14-10-16-7-8-17-14)18-13-6-9-19-15-5-3-2-4-12(13)15/h2-5,7-8,10-11,13,18H,6,9H2,1H3. The Balaban J connectivity index is 1.78. The zero-order chi connectivity index (χ0) is 13.1. The van der Waals surface area contributed by atoms with Crippen molar-refractivity contribution in [2.45, 2.75) is 30.3 Å². The first-order valence-electron chi connectivity index (χ1n) is 6.58. The van der Waals surface area contributed by atoms with Gasteiger partial charge in [0.15, 0.2) is 0 Å². The van der Waals surface area contributed by atoms with Gasteiger partial charge in [0.1, 0.15) is 0 Å². The topological polar surface area (TPSA) is 37.8 Å². The minimum Gasteiger partial charge on any atom is -0.302 e. The molecule has 1 N–H and O–H groups in total. The minimum atomic E-state index is 0.217. The van der Waals surface area contributed by atoms with Crippen LogP contribution in [0.1, 0.15) is 36.7 Å². The lowest BCUT2D eigenvalue weighted by molar-refractivity contribution is 0.443. The van der Waals surface area contributed by atoms with Crippen LogP contribution in [0.5, 0.6) is 0 Å². The fraction of sp³-hybridized carbons (Fsp3) is 0.333. The molecule has 0 saturated heterocycles. The Morgan fingerprint density at radius 2 is 2.21 bits per heavy atom. The van der Waals surface area contributed by atoms with Gasteiger partial charge in [-0.1, -0.05) is 18.2 Å². The predicted octanol–water partition coefficient (Wildman–Crippen LogP) is 3.36. The van der Waals surface area contributed by atoms with Crippen molar-refractivity contribution >= 4 is 11.8 Å². The van der Waals surface area contributed by atoms with Gasteiger partial charge in [-0.3, -0.25) is 9.97 Å². The van der Waals surface area contributed by atoms with Crippen LogP contribution in [0, 0.1) is 0 Å². The van der Waals surface area contributed by atoms with E-state index >= 15 is 0 Å². The lowest BCUT2D eigenvalue weighted by Gasteiger charge is -2.28. The molecule has 3 nitrogen and oxygen atoms in total. The van der Waals surface area contributed by atoms with Crippen LogP contribution in [-0.4, -0.2) is 15.7 Å². The smallest absolute Gasteiger partial charge is 0.0753 e. The summed E-state index contributed by atoms with van der Waals surface area (Å²) in [7, 11) is 0. The van der Waals surface area contributed by atoms with Crippen molar-refractivity contribution in [1.82, 2.24) is 15.3 Å². The third-order valence-electron chi connectivity index (χ3n) is 3.44. The van der Waals surface area contributed by atoms with Gasteiger partial charge < -0.3 is 5.32 Å². The van der Waals surface area contributed by atoms with Crippen molar-refractivity contribution in [3.8, 4) is 0 Å². The molecule has 0 aliphatic carbocycles. The van der Waals surface area contributed by atoms with E-state index in [9.17, 15) is 0 Å². The average Bonchev–Trinajstić information content (AvgIpc) is 2.48. The largest absolute Gasteiger partial charge is 0.302 e. The van der Waals surface area contributed by atoms with Crippen molar-refractivity contribution in [3.63, 3.8) is 0 Å². The number of fused-ring (bicyclic) bond motifs is 1. The Bertz CT molecular complexity index is 544. The minimum absolute atomic E-state index is 0.217. The summed E-state index contributed by atoms with van der Waals surface area (Å²) in [4.78, 5) is 9.91. The average molecular weight is 271 g/mol. The summed E-state index contributed by atoms with van der Waals surface area (Å²) in [6.45, 7) is 2.15. The first kappa shape index (κ1) is 12.6. The van der Waals surface area contributed by atoms with Crippen molar-refractivity contribution < 1.29 is 0 Å². The molecule has 2 unspecified atom stereocenters. The molecule has 1 aromatic carbocycles. The molecular weight excluding hydrogens is 254 g/mol.